The summed E-state index contributed by atoms with van der Waals surface area (Å²) in [5, 5.41) is 3.42. The number of ether oxygens (including phenoxy) is 2. The highest BCUT2D eigenvalue weighted by molar-refractivity contribution is 8.18. The molecule has 0 spiro atoms. The first-order valence-corrected chi connectivity index (χ1v) is 12.0. The van der Waals surface area contributed by atoms with Crippen molar-refractivity contribution in [2.24, 2.45) is 4.99 Å². The van der Waals surface area contributed by atoms with Gasteiger partial charge in [0, 0.05) is 29.9 Å². The number of hydrogen-bond acceptors (Lipinski definition) is 6. The van der Waals surface area contributed by atoms with E-state index in [1.165, 1.54) is 23.0 Å². The van der Waals surface area contributed by atoms with Crippen molar-refractivity contribution in [2.45, 2.75) is 45.6 Å². The van der Waals surface area contributed by atoms with Crippen molar-refractivity contribution in [2.75, 3.05) is 25.7 Å². The number of hydrogen-bond donors (Lipinski definition) is 1. The van der Waals surface area contributed by atoms with Crippen LogP contribution < -0.4 is 19.7 Å². The Labute approximate surface area is 200 Å². The third-order valence-electron chi connectivity index (χ3n) is 6.30. The van der Waals surface area contributed by atoms with Crippen LogP contribution in [0, 0.1) is 0 Å². The number of amides is 1. The highest BCUT2D eigenvalue weighted by Crippen LogP contribution is 2.45. The fraction of sp³-hybridized carbons (Fsp3) is 0.385. The van der Waals surface area contributed by atoms with Crippen LogP contribution in [-0.2, 0) is 4.79 Å². The maximum Gasteiger partial charge on any atom is 0.264 e. The van der Waals surface area contributed by atoms with Crippen LogP contribution in [0.15, 0.2) is 46.3 Å². The fourth-order valence-electron chi connectivity index (χ4n) is 4.42. The second-order valence-electron chi connectivity index (χ2n) is 9.04. The summed E-state index contributed by atoms with van der Waals surface area (Å²) in [5.74, 6) is 1.81. The van der Waals surface area contributed by atoms with E-state index in [2.05, 4.69) is 55.2 Å². The van der Waals surface area contributed by atoms with Gasteiger partial charge < -0.3 is 19.7 Å². The molecule has 4 rings (SSSR count). The first kappa shape index (κ1) is 23.2. The molecule has 0 aromatic heterocycles. The van der Waals surface area contributed by atoms with Crippen molar-refractivity contribution in [1.29, 1.82) is 0 Å². The first-order valence-electron chi connectivity index (χ1n) is 11.2. The molecule has 7 heteroatoms. The van der Waals surface area contributed by atoms with Crippen LogP contribution in [0.2, 0.25) is 0 Å². The molecule has 2 aliphatic rings. The molecule has 2 heterocycles. The van der Waals surface area contributed by atoms with Gasteiger partial charge in [0.1, 0.15) is 11.5 Å². The zero-order valence-corrected chi connectivity index (χ0v) is 20.9. The fourth-order valence-corrected chi connectivity index (χ4v) is 5.26. The Morgan fingerprint density at radius 3 is 2.67 bits per heavy atom. The molecule has 0 bridgehead atoms. The lowest BCUT2D eigenvalue weighted by molar-refractivity contribution is -0.115. The Morgan fingerprint density at radius 1 is 1.27 bits per heavy atom. The number of carbonyl (C=O) groups excluding carboxylic acids is 1. The standard InChI is InChI=1S/C26H31N3O3S/c1-7-32-19-10-8-18(9-11-19)27-25-28-24(30)23(33-25)13-17-12-20-16(2)15-26(3,4)29(5)21(20)14-22(17)31-6/h8-14,16H,7,15H2,1-6H3,(H,27,28,30)/b23-13+. The number of thioether (sulfide) groups is 1. The van der Waals surface area contributed by atoms with Gasteiger partial charge in [-0.05, 0) is 86.8 Å². The van der Waals surface area contributed by atoms with Crippen molar-refractivity contribution in [3.8, 4) is 11.5 Å². The van der Waals surface area contributed by atoms with E-state index < -0.39 is 0 Å². The molecule has 1 amide bonds. The highest BCUT2D eigenvalue weighted by Gasteiger charge is 2.35. The third-order valence-corrected chi connectivity index (χ3v) is 7.21. The zero-order chi connectivity index (χ0) is 23.8. The summed E-state index contributed by atoms with van der Waals surface area (Å²) in [6.07, 6.45) is 2.96. The number of nitrogens with one attached hydrogen (secondary N) is 1. The Balaban J connectivity index is 1.62. The Kier molecular flexibility index (Phi) is 6.43. The van der Waals surface area contributed by atoms with Crippen LogP contribution in [0.1, 0.15) is 51.2 Å². The molecule has 0 aliphatic carbocycles. The second kappa shape index (κ2) is 9.14. The number of aliphatic imine (C=N–C) groups is 1. The van der Waals surface area contributed by atoms with E-state index in [9.17, 15) is 4.79 Å². The molecule has 1 fully saturated rings. The lowest BCUT2D eigenvalue weighted by Crippen LogP contribution is -2.45. The van der Waals surface area contributed by atoms with Crippen molar-refractivity contribution in [3.63, 3.8) is 0 Å². The van der Waals surface area contributed by atoms with Crippen LogP contribution in [-0.4, -0.2) is 37.4 Å². The maximum absolute atomic E-state index is 12.7. The summed E-state index contributed by atoms with van der Waals surface area (Å²) in [7, 11) is 3.80. The minimum atomic E-state index is -0.157. The lowest BCUT2D eigenvalue weighted by atomic mass is 9.80. The zero-order valence-electron chi connectivity index (χ0n) is 20.1. The van der Waals surface area contributed by atoms with E-state index >= 15 is 0 Å². The molecular weight excluding hydrogens is 434 g/mol. The van der Waals surface area contributed by atoms with Crippen molar-refractivity contribution in [3.05, 3.63) is 52.4 Å². The predicted octanol–water partition coefficient (Wildman–Crippen LogP) is 5.71. The van der Waals surface area contributed by atoms with E-state index in [0.717, 1.165) is 29.2 Å². The van der Waals surface area contributed by atoms with Gasteiger partial charge in [0.15, 0.2) is 5.17 Å². The van der Waals surface area contributed by atoms with Crippen LogP contribution in [0.4, 0.5) is 11.4 Å². The smallest absolute Gasteiger partial charge is 0.264 e. The molecule has 0 saturated carbocycles. The van der Waals surface area contributed by atoms with Gasteiger partial charge in [-0.1, -0.05) is 6.92 Å². The number of carbonyl (C=O) groups is 1. The lowest BCUT2D eigenvalue weighted by Gasteiger charge is -2.45. The van der Waals surface area contributed by atoms with Gasteiger partial charge >= 0.3 is 0 Å². The van der Waals surface area contributed by atoms with Gasteiger partial charge in [-0.3, -0.25) is 4.79 Å². The summed E-state index contributed by atoms with van der Waals surface area (Å²) in [6, 6.07) is 11.7. The topological polar surface area (TPSA) is 63.2 Å². The molecule has 2 aromatic rings. The van der Waals surface area contributed by atoms with E-state index in [-0.39, 0.29) is 11.4 Å². The number of benzene rings is 2. The Hall–Kier alpha value is -2.93. The largest absolute Gasteiger partial charge is 0.496 e. The average molecular weight is 466 g/mol. The highest BCUT2D eigenvalue weighted by atomic mass is 32.2. The van der Waals surface area contributed by atoms with Gasteiger partial charge in [0.2, 0.25) is 0 Å². The molecule has 0 radical (unpaired) electrons. The van der Waals surface area contributed by atoms with E-state index in [4.69, 9.17) is 9.47 Å². The number of methoxy groups -OCH3 is 1. The average Bonchev–Trinajstić information content (AvgIpc) is 3.11. The third kappa shape index (κ3) is 4.74. The maximum atomic E-state index is 12.7. The Morgan fingerprint density at radius 2 is 2.00 bits per heavy atom. The van der Waals surface area contributed by atoms with Gasteiger partial charge in [-0.25, -0.2) is 4.99 Å². The summed E-state index contributed by atoms with van der Waals surface area (Å²) in [4.78, 5) is 20.1. The molecule has 1 atom stereocenters. The Bertz CT molecular complexity index is 1120. The molecular formula is C26H31N3O3S. The molecule has 2 aliphatic heterocycles. The van der Waals surface area contributed by atoms with Crippen LogP contribution in [0.3, 0.4) is 0 Å². The number of fused-ring (bicyclic) bond motifs is 1. The van der Waals surface area contributed by atoms with Crippen LogP contribution in [0.5, 0.6) is 11.5 Å². The van der Waals surface area contributed by atoms with Gasteiger partial charge in [0.05, 0.1) is 24.3 Å². The van der Waals surface area contributed by atoms with Crippen molar-refractivity contribution >= 4 is 40.3 Å². The number of anilines is 1. The molecule has 2 aromatic carbocycles. The monoisotopic (exact) mass is 465 g/mol. The molecule has 1 N–H and O–H groups in total. The minimum Gasteiger partial charge on any atom is -0.496 e. The minimum absolute atomic E-state index is 0.0742. The molecule has 1 unspecified atom stereocenters. The molecule has 6 nitrogen and oxygen atoms in total. The second-order valence-corrected chi connectivity index (χ2v) is 10.1. The first-order chi connectivity index (χ1) is 15.7. The predicted molar refractivity (Wildman–Crippen MR) is 137 cm³/mol. The van der Waals surface area contributed by atoms with Gasteiger partial charge in [-0.2, -0.15) is 0 Å². The quantitative estimate of drug-likeness (QED) is 0.573. The van der Waals surface area contributed by atoms with Gasteiger partial charge in [0.25, 0.3) is 5.91 Å². The van der Waals surface area contributed by atoms with E-state index in [0.29, 0.717) is 22.6 Å². The number of amidine groups is 1. The summed E-state index contributed by atoms with van der Waals surface area (Å²) in [6.45, 7) is 9.35. The van der Waals surface area contributed by atoms with Crippen molar-refractivity contribution < 1.29 is 14.3 Å². The number of rotatable bonds is 5. The summed E-state index contributed by atoms with van der Waals surface area (Å²) < 4.78 is 11.2. The normalized spacial score (nSPS) is 21.8. The van der Waals surface area contributed by atoms with Crippen LogP contribution >= 0.6 is 11.8 Å². The SMILES string of the molecule is CCOc1ccc(N=C2NC(=O)/C(=C\c3cc4c(cc3OC)N(C)C(C)(C)CC4C)S2)cc1. The number of nitrogens with zero attached hydrogens (tertiary/aromatic N) is 2. The molecule has 174 valence electrons. The van der Waals surface area contributed by atoms with Crippen LogP contribution in [0.25, 0.3) is 6.08 Å². The molecule has 1 saturated heterocycles. The summed E-state index contributed by atoms with van der Waals surface area (Å²) >= 11 is 1.33. The summed E-state index contributed by atoms with van der Waals surface area (Å²) in [5.41, 5.74) is 4.19. The van der Waals surface area contributed by atoms with E-state index in [1.54, 1.807) is 7.11 Å². The molecule has 33 heavy (non-hydrogen) atoms. The van der Waals surface area contributed by atoms with Crippen molar-refractivity contribution in [1.82, 2.24) is 5.32 Å². The van der Waals surface area contributed by atoms with Gasteiger partial charge in [-0.15, -0.1) is 0 Å². The van der Waals surface area contributed by atoms with E-state index in [1.807, 2.05) is 37.3 Å².